The minimum atomic E-state index is -3.72. The van der Waals surface area contributed by atoms with Gasteiger partial charge in [0, 0.05) is 37.8 Å². The first-order chi connectivity index (χ1) is 15.2. The topological polar surface area (TPSA) is 84.0 Å². The fraction of sp³-hybridized carbons (Fsp3) is 0.273. The molecule has 170 valence electrons. The van der Waals surface area contributed by atoms with Gasteiger partial charge in [-0.2, -0.15) is 13.1 Å². The average molecular weight is 464 g/mol. The first-order valence-electron chi connectivity index (χ1n) is 9.80. The minimum absolute atomic E-state index is 0.0248. The third-order valence-electron chi connectivity index (χ3n) is 4.97. The van der Waals surface area contributed by atoms with Crippen molar-refractivity contribution in [2.45, 2.75) is 18.4 Å². The van der Waals surface area contributed by atoms with Crippen molar-refractivity contribution in [3.8, 4) is 5.75 Å². The number of benzene rings is 2. The van der Waals surface area contributed by atoms with Crippen molar-refractivity contribution in [2.75, 3.05) is 26.2 Å². The number of ketones is 1. The summed E-state index contributed by atoms with van der Waals surface area (Å²) in [6, 6.07) is 11.6. The van der Waals surface area contributed by atoms with Gasteiger partial charge < -0.3 is 9.64 Å². The molecule has 0 spiro atoms. The Balaban J connectivity index is 1.57. The van der Waals surface area contributed by atoms with E-state index in [1.807, 2.05) is 0 Å². The predicted octanol–water partition coefficient (Wildman–Crippen LogP) is 3.04. The van der Waals surface area contributed by atoms with Crippen LogP contribution in [0.5, 0.6) is 5.75 Å². The highest BCUT2D eigenvalue weighted by molar-refractivity contribution is 7.89. The number of rotatable bonds is 7. The second-order valence-electron chi connectivity index (χ2n) is 7.09. The van der Waals surface area contributed by atoms with Gasteiger partial charge in [0.2, 0.25) is 15.9 Å². The molecule has 0 aromatic heterocycles. The number of ether oxygens (including phenoxy) is 1. The summed E-state index contributed by atoms with van der Waals surface area (Å²) in [6.07, 6.45) is 2.90. The summed E-state index contributed by atoms with van der Waals surface area (Å²) in [5.74, 6) is -0.399. The number of carbonyl (C=O) groups is 2. The van der Waals surface area contributed by atoms with Crippen molar-refractivity contribution < 1.29 is 31.5 Å². The number of halogens is 2. The Kier molecular flexibility index (Phi) is 7.37. The van der Waals surface area contributed by atoms with Crippen LogP contribution in [-0.2, 0) is 14.8 Å². The molecule has 1 heterocycles. The second kappa shape index (κ2) is 10.0. The number of sulfonamides is 1. The van der Waals surface area contributed by atoms with Crippen LogP contribution in [0.25, 0.3) is 6.08 Å². The van der Waals surface area contributed by atoms with Crippen LogP contribution in [0.15, 0.2) is 59.5 Å². The summed E-state index contributed by atoms with van der Waals surface area (Å²) in [6.45, 7) is -0.734. The summed E-state index contributed by atoms with van der Waals surface area (Å²) in [7, 11) is -3.72. The molecule has 0 atom stereocenters. The van der Waals surface area contributed by atoms with Crippen molar-refractivity contribution in [1.29, 1.82) is 0 Å². The number of Topliss-reactive ketones (excluding diaryl/α,β-unsaturated/α-hetero) is 1. The molecular weight excluding hydrogens is 442 g/mol. The van der Waals surface area contributed by atoms with Gasteiger partial charge in [-0.25, -0.2) is 8.42 Å². The van der Waals surface area contributed by atoms with Crippen LogP contribution in [0.4, 0.5) is 8.78 Å². The van der Waals surface area contributed by atoms with Crippen LogP contribution >= 0.6 is 0 Å². The number of amides is 1. The number of hydrogen-bond donors (Lipinski definition) is 0. The highest BCUT2D eigenvalue weighted by Crippen LogP contribution is 2.19. The molecule has 0 radical (unpaired) electrons. The van der Waals surface area contributed by atoms with E-state index >= 15 is 0 Å². The van der Waals surface area contributed by atoms with Gasteiger partial charge in [-0.05, 0) is 42.8 Å². The Labute approximate surface area is 184 Å². The zero-order valence-electron chi connectivity index (χ0n) is 17.3. The number of nitrogens with zero attached hydrogens (tertiary/aromatic N) is 2. The van der Waals surface area contributed by atoms with E-state index in [1.165, 1.54) is 58.6 Å². The SMILES string of the molecule is CC(=O)c1ccc(S(=O)(=O)N2CCN(C(=O)C=Cc3ccc(OC(F)F)cc3)CC2)cc1. The van der Waals surface area contributed by atoms with E-state index in [0.717, 1.165) is 0 Å². The molecule has 0 bridgehead atoms. The van der Waals surface area contributed by atoms with Crippen molar-refractivity contribution in [1.82, 2.24) is 9.21 Å². The van der Waals surface area contributed by atoms with E-state index in [0.29, 0.717) is 11.1 Å². The number of alkyl halides is 2. The van der Waals surface area contributed by atoms with E-state index in [4.69, 9.17) is 0 Å². The number of hydrogen-bond acceptors (Lipinski definition) is 5. The van der Waals surface area contributed by atoms with Gasteiger partial charge in [0.25, 0.3) is 0 Å². The molecule has 10 heteroatoms. The summed E-state index contributed by atoms with van der Waals surface area (Å²) < 4.78 is 55.6. The summed E-state index contributed by atoms with van der Waals surface area (Å²) in [4.78, 5) is 25.4. The van der Waals surface area contributed by atoms with Crippen LogP contribution in [0.2, 0.25) is 0 Å². The second-order valence-corrected chi connectivity index (χ2v) is 9.03. The molecule has 0 unspecified atom stereocenters. The lowest BCUT2D eigenvalue weighted by Gasteiger charge is -2.33. The lowest BCUT2D eigenvalue weighted by Crippen LogP contribution is -2.50. The molecule has 0 saturated carbocycles. The molecular formula is C22H22F2N2O5S. The monoisotopic (exact) mass is 464 g/mol. The van der Waals surface area contributed by atoms with Crippen LogP contribution in [0.3, 0.4) is 0 Å². The fourth-order valence-electron chi connectivity index (χ4n) is 3.19. The Morgan fingerprint density at radius 2 is 1.56 bits per heavy atom. The van der Waals surface area contributed by atoms with Gasteiger partial charge in [-0.1, -0.05) is 24.3 Å². The molecule has 7 nitrogen and oxygen atoms in total. The smallest absolute Gasteiger partial charge is 0.387 e. The maximum Gasteiger partial charge on any atom is 0.387 e. The molecule has 1 saturated heterocycles. The standard InChI is InChI=1S/C22H22F2N2O5S/c1-16(27)18-5-9-20(10-6-18)32(29,30)26-14-12-25(13-15-26)21(28)11-4-17-2-7-19(8-3-17)31-22(23)24/h2-11,22H,12-15H2,1H3. The van der Waals surface area contributed by atoms with Crippen molar-refractivity contribution in [3.63, 3.8) is 0 Å². The number of carbonyl (C=O) groups excluding carboxylic acids is 2. The van der Waals surface area contributed by atoms with Crippen LogP contribution in [0, 0.1) is 0 Å². The summed E-state index contributed by atoms with van der Waals surface area (Å²) in [5.41, 5.74) is 1.07. The summed E-state index contributed by atoms with van der Waals surface area (Å²) >= 11 is 0. The van der Waals surface area contributed by atoms with E-state index in [9.17, 15) is 26.8 Å². The third-order valence-corrected chi connectivity index (χ3v) is 6.89. The van der Waals surface area contributed by atoms with Gasteiger partial charge >= 0.3 is 6.61 Å². The molecule has 1 amide bonds. The highest BCUT2D eigenvalue weighted by atomic mass is 32.2. The van der Waals surface area contributed by atoms with Crippen LogP contribution in [-0.4, -0.2) is 62.1 Å². The Bertz CT molecular complexity index is 1090. The van der Waals surface area contributed by atoms with Gasteiger partial charge in [-0.3, -0.25) is 9.59 Å². The Morgan fingerprint density at radius 1 is 0.969 bits per heavy atom. The van der Waals surface area contributed by atoms with Gasteiger partial charge in [0.1, 0.15) is 5.75 Å². The van der Waals surface area contributed by atoms with Crippen LogP contribution < -0.4 is 4.74 Å². The molecule has 1 aliphatic heterocycles. The van der Waals surface area contributed by atoms with Crippen LogP contribution in [0.1, 0.15) is 22.8 Å². The third kappa shape index (κ3) is 5.77. The van der Waals surface area contributed by atoms with E-state index in [-0.39, 0.29) is 48.5 Å². The maximum atomic E-state index is 12.8. The molecule has 2 aromatic carbocycles. The quantitative estimate of drug-likeness (QED) is 0.465. The van der Waals surface area contributed by atoms with Crippen molar-refractivity contribution >= 4 is 27.8 Å². The molecule has 1 aliphatic rings. The molecule has 0 N–H and O–H groups in total. The maximum absolute atomic E-state index is 12.8. The minimum Gasteiger partial charge on any atom is -0.435 e. The molecule has 32 heavy (non-hydrogen) atoms. The normalized spacial score (nSPS) is 15.3. The van der Waals surface area contributed by atoms with Crippen molar-refractivity contribution in [3.05, 3.63) is 65.7 Å². The van der Waals surface area contributed by atoms with Gasteiger partial charge in [-0.15, -0.1) is 0 Å². The lowest BCUT2D eigenvalue weighted by molar-refractivity contribution is -0.127. The zero-order valence-corrected chi connectivity index (χ0v) is 18.1. The molecule has 1 fully saturated rings. The van der Waals surface area contributed by atoms with E-state index in [1.54, 1.807) is 18.2 Å². The fourth-order valence-corrected chi connectivity index (χ4v) is 4.62. The first kappa shape index (κ1) is 23.6. The van der Waals surface area contributed by atoms with Crippen molar-refractivity contribution in [2.24, 2.45) is 0 Å². The first-order valence-corrected chi connectivity index (χ1v) is 11.2. The average Bonchev–Trinajstić information content (AvgIpc) is 2.78. The largest absolute Gasteiger partial charge is 0.435 e. The predicted molar refractivity (Wildman–Crippen MR) is 114 cm³/mol. The van der Waals surface area contributed by atoms with E-state index in [2.05, 4.69) is 4.74 Å². The molecule has 3 rings (SSSR count). The zero-order chi connectivity index (χ0) is 23.3. The number of piperazine rings is 1. The van der Waals surface area contributed by atoms with Gasteiger partial charge in [0.05, 0.1) is 4.90 Å². The highest BCUT2D eigenvalue weighted by Gasteiger charge is 2.29. The molecule has 2 aromatic rings. The Hall–Kier alpha value is -3.11. The molecule has 0 aliphatic carbocycles. The lowest BCUT2D eigenvalue weighted by atomic mass is 10.2. The Morgan fingerprint density at radius 3 is 2.09 bits per heavy atom. The summed E-state index contributed by atoms with van der Waals surface area (Å²) in [5, 5.41) is 0. The van der Waals surface area contributed by atoms with Gasteiger partial charge in [0.15, 0.2) is 5.78 Å². The van der Waals surface area contributed by atoms with E-state index < -0.39 is 16.6 Å².